The van der Waals surface area contributed by atoms with Crippen LogP contribution in [-0.4, -0.2) is 21.9 Å². The Morgan fingerprint density at radius 2 is 2.11 bits per heavy atom. The third kappa shape index (κ3) is 3.14. The number of nitro groups is 1. The Bertz CT molecular complexity index is 536. The normalized spacial score (nSPS) is 10.3. The number of nitro benzene ring substituents is 1. The number of carboxylic acid groups (broad SMARTS) is 1. The summed E-state index contributed by atoms with van der Waals surface area (Å²) in [5.41, 5.74) is -0.617. The molecular formula is C11H10N2O5. The van der Waals surface area contributed by atoms with Crippen LogP contribution >= 0.6 is 0 Å². The topological polar surface area (TPSA) is 110 Å². The Morgan fingerprint density at radius 3 is 2.61 bits per heavy atom. The van der Waals surface area contributed by atoms with E-state index in [1.807, 2.05) is 0 Å². The molecule has 1 aromatic carbocycles. The van der Waals surface area contributed by atoms with Gasteiger partial charge in [0, 0.05) is 12.1 Å². The number of hydrogen-bond acceptors (Lipinski definition) is 4. The number of benzene rings is 1. The summed E-state index contributed by atoms with van der Waals surface area (Å²) in [5.74, 6) is -1.83. The molecule has 0 spiro atoms. The number of aromatic carboxylic acids is 1. The molecule has 0 fully saturated rings. The summed E-state index contributed by atoms with van der Waals surface area (Å²) < 4.78 is 0. The number of carbonyl (C=O) groups excluding carboxylic acids is 1. The van der Waals surface area contributed by atoms with Crippen LogP contribution < -0.4 is 5.32 Å². The summed E-state index contributed by atoms with van der Waals surface area (Å²) in [7, 11) is 0. The first-order valence-corrected chi connectivity index (χ1v) is 4.91. The summed E-state index contributed by atoms with van der Waals surface area (Å²) in [6.07, 6.45) is 2.65. The molecule has 0 aromatic heterocycles. The minimum atomic E-state index is -1.28. The molecule has 0 atom stereocenters. The molecule has 0 aliphatic heterocycles. The van der Waals surface area contributed by atoms with Crippen LogP contribution in [0.1, 0.15) is 17.3 Å². The van der Waals surface area contributed by atoms with Gasteiger partial charge >= 0.3 is 5.97 Å². The molecule has 0 aliphatic carbocycles. The Hall–Kier alpha value is -2.70. The van der Waals surface area contributed by atoms with E-state index in [4.69, 9.17) is 5.11 Å². The molecule has 0 saturated heterocycles. The SMILES string of the molecule is CC=CC(=O)Nc1cc([N+](=O)[O-])ccc1C(=O)O. The van der Waals surface area contributed by atoms with Crippen LogP contribution in [0.3, 0.4) is 0 Å². The fourth-order valence-corrected chi connectivity index (χ4v) is 1.26. The maximum Gasteiger partial charge on any atom is 0.337 e. The van der Waals surface area contributed by atoms with Gasteiger partial charge in [-0.1, -0.05) is 6.08 Å². The van der Waals surface area contributed by atoms with Crippen molar-refractivity contribution in [3.8, 4) is 0 Å². The van der Waals surface area contributed by atoms with E-state index in [0.29, 0.717) is 0 Å². The number of carbonyl (C=O) groups is 2. The zero-order valence-electron chi connectivity index (χ0n) is 9.41. The molecule has 1 amide bonds. The number of rotatable bonds is 4. The molecule has 0 heterocycles. The second-order valence-electron chi connectivity index (χ2n) is 3.28. The van der Waals surface area contributed by atoms with Crippen molar-refractivity contribution in [1.82, 2.24) is 0 Å². The Kier molecular flexibility index (Phi) is 4.14. The fraction of sp³-hybridized carbons (Fsp3) is 0.0909. The highest BCUT2D eigenvalue weighted by molar-refractivity contribution is 6.04. The molecule has 0 aliphatic rings. The molecule has 0 bridgehead atoms. The van der Waals surface area contributed by atoms with Crippen LogP contribution in [0.2, 0.25) is 0 Å². The van der Waals surface area contributed by atoms with E-state index in [1.54, 1.807) is 6.92 Å². The van der Waals surface area contributed by atoms with Gasteiger partial charge in [0.15, 0.2) is 0 Å². The highest BCUT2D eigenvalue weighted by Crippen LogP contribution is 2.22. The number of allylic oxidation sites excluding steroid dienone is 1. The van der Waals surface area contributed by atoms with E-state index in [0.717, 1.165) is 18.2 Å². The van der Waals surface area contributed by atoms with Crippen LogP contribution in [0.15, 0.2) is 30.4 Å². The number of carboxylic acids is 1. The molecule has 2 N–H and O–H groups in total. The second kappa shape index (κ2) is 5.58. The van der Waals surface area contributed by atoms with Crippen molar-refractivity contribution in [2.75, 3.05) is 5.32 Å². The van der Waals surface area contributed by atoms with E-state index in [9.17, 15) is 19.7 Å². The number of amides is 1. The van der Waals surface area contributed by atoms with Gasteiger partial charge in [-0.05, 0) is 19.1 Å². The lowest BCUT2D eigenvalue weighted by atomic mass is 10.1. The van der Waals surface area contributed by atoms with Gasteiger partial charge in [-0.15, -0.1) is 0 Å². The highest BCUT2D eigenvalue weighted by Gasteiger charge is 2.16. The van der Waals surface area contributed by atoms with Gasteiger partial charge in [0.2, 0.25) is 5.91 Å². The first-order valence-electron chi connectivity index (χ1n) is 4.91. The first kappa shape index (κ1) is 13.4. The molecule has 18 heavy (non-hydrogen) atoms. The van der Waals surface area contributed by atoms with Gasteiger partial charge in [0.1, 0.15) is 0 Å². The molecule has 7 heteroatoms. The van der Waals surface area contributed by atoms with Gasteiger partial charge in [0.05, 0.1) is 16.2 Å². The van der Waals surface area contributed by atoms with Crippen LogP contribution in [0, 0.1) is 10.1 Å². The number of hydrogen-bond donors (Lipinski definition) is 2. The van der Waals surface area contributed by atoms with Crippen molar-refractivity contribution in [2.24, 2.45) is 0 Å². The lowest BCUT2D eigenvalue weighted by molar-refractivity contribution is -0.384. The lowest BCUT2D eigenvalue weighted by Crippen LogP contribution is -2.12. The minimum Gasteiger partial charge on any atom is -0.478 e. The average Bonchev–Trinajstić information content (AvgIpc) is 2.28. The monoisotopic (exact) mass is 250 g/mol. The molecule has 1 rings (SSSR count). The number of anilines is 1. The standard InChI is InChI=1S/C11H10N2O5/c1-2-3-10(14)12-9-6-7(13(17)18)4-5-8(9)11(15)16/h2-6H,1H3,(H,12,14)(H,15,16). The van der Waals surface area contributed by atoms with Crippen molar-refractivity contribution in [2.45, 2.75) is 6.92 Å². The Morgan fingerprint density at radius 1 is 1.44 bits per heavy atom. The molecule has 94 valence electrons. The lowest BCUT2D eigenvalue weighted by Gasteiger charge is -2.06. The van der Waals surface area contributed by atoms with Crippen LogP contribution in [0.5, 0.6) is 0 Å². The van der Waals surface area contributed by atoms with Crippen molar-refractivity contribution in [3.05, 3.63) is 46.0 Å². The van der Waals surface area contributed by atoms with Crippen LogP contribution in [-0.2, 0) is 4.79 Å². The quantitative estimate of drug-likeness (QED) is 0.481. The summed E-state index contributed by atoms with van der Waals surface area (Å²) in [4.78, 5) is 32.1. The average molecular weight is 250 g/mol. The van der Waals surface area contributed by atoms with E-state index in [2.05, 4.69) is 5.32 Å². The van der Waals surface area contributed by atoms with Crippen molar-refractivity contribution < 1.29 is 19.6 Å². The molecular weight excluding hydrogens is 240 g/mol. The smallest absolute Gasteiger partial charge is 0.337 e. The van der Waals surface area contributed by atoms with Crippen molar-refractivity contribution >= 4 is 23.3 Å². The van der Waals surface area contributed by atoms with E-state index >= 15 is 0 Å². The molecule has 0 radical (unpaired) electrons. The van der Waals surface area contributed by atoms with E-state index < -0.39 is 16.8 Å². The van der Waals surface area contributed by atoms with Crippen LogP contribution in [0.25, 0.3) is 0 Å². The number of non-ortho nitro benzene ring substituents is 1. The van der Waals surface area contributed by atoms with Gasteiger partial charge in [-0.25, -0.2) is 4.79 Å². The Balaban J connectivity index is 3.19. The zero-order valence-corrected chi connectivity index (χ0v) is 9.41. The zero-order chi connectivity index (χ0) is 13.7. The van der Waals surface area contributed by atoms with Gasteiger partial charge < -0.3 is 10.4 Å². The molecule has 1 aromatic rings. The van der Waals surface area contributed by atoms with Gasteiger partial charge in [0.25, 0.3) is 5.69 Å². The summed E-state index contributed by atoms with van der Waals surface area (Å²) in [5, 5.41) is 21.8. The second-order valence-corrected chi connectivity index (χ2v) is 3.28. The molecule has 7 nitrogen and oxygen atoms in total. The summed E-state index contributed by atoms with van der Waals surface area (Å²) >= 11 is 0. The third-order valence-electron chi connectivity index (χ3n) is 2.02. The molecule has 0 saturated carbocycles. The minimum absolute atomic E-state index is 0.111. The van der Waals surface area contributed by atoms with Gasteiger partial charge in [-0.2, -0.15) is 0 Å². The first-order chi connectivity index (χ1) is 8.45. The fourth-order valence-electron chi connectivity index (χ4n) is 1.26. The van der Waals surface area contributed by atoms with E-state index in [1.165, 1.54) is 12.2 Å². The Labute approximate surface area is 102 Å². The van der Waals surface area contributed by atoms with Crippen molar-refractivity contribution in [1.29, 1.82) is 0 Å². The molecule has 0 unspecified atom stereocenters. The number of nitrogens with one attached hydrogen (secondary N) is 1. The third-order valence-corrected chi connectivity index (χ3v) is 2.02. The van der Waals surface area contributed by atoms with Crippen molar-refractivity contribution in [3.63, 3.8) is 0 Å². The van der Waals surface area contributed by atoms with Crippen LogP contribution in [0.4, 0.5) is 11.4 Å². The predicted molar refractivity (Wildman–Crippen MR) is 63.5 cm³/mol. The van der Waals surface area contributed by atoms with Gasteiger partial charge in [-0.3, -0.25) is 14.9 Å². The number of nitrogens with zero attached hydrogens (tertiary/aromatic N) is 1. The summed E-state index contributed by atoms with van der Waals surface area (Å²) in [6, 6.07) is 3.14. The highest BCUT2D eigenvalue weighted by atomic mass is 16.6. The maximum absolute atomic E-state index is 11.3. The predicted octanol–water partition coefficient (Wildman–Crippen LogP) is 1.81. The van der Waals surface area contributed by atoms with E-state index in [-0.39, 0.29) is 16.9 Å². The largest absolute Gasteiger partial charge is 0.478 e. The summed E-state index contributed by atoms with van der Waals surface area (Å²) in [6.45, 7) is 1.62. The maximum atomic E-state index is 11.3.